The number of nitrogens with one attached hydrogen (secondary N) is 1. The summed E-state index contributed by atoms with van der Waals surface area (Å²) in [6, 6.07) is 5.57. The minimum Gasteiger partial charge on any atom is -0.506 e. The van der Waals surface area contributed by atoms with Crippen LogP contribution >= 0.6 is 11.6 Å². The van der Waals surface area contributed by atoms with Crippen LogP contribution in [0.5, 0.6) is 5.75 Å². The van der Waals surface area contributed by atoms with Crippen LogP contribution in [-0.2, 0) is 0 Å². The lowest BCUT2D eigenvalue weighted by atomic mass is 10.1. The van der Waals surface area contributed by atoms with Crippen molar-refractivity contribution in [2.45, 2.75) is 33.2 Å². The minimum absolute atomic E-state index is 0.111. The van der Waals surface area contributed by atoms with Crippen LogP contribution in [0.4, 0.5) is 5.69 Å². The molecule has 0 aliphatic carbocycles. The van der Waals surface area contributed by atoms with Crippen molar-refractivity contribution >= 4 is 17.3 Å². The second kappa shape index (κ2) is 4.59. The van der Waals surface area contributed by atoms with Gasteiger partial charge < -0.3 is 5.11 Å². The number of hydrogen-bond donors (Lipinski definition) is 2. The molecule has 0 radical (unpaired) electrons. The molecule has 0 saturated heterocycles. The van der Waals surface area contributed by atoms with Gasteiger partial charge in [-0.25, -0.2) is 5.43 Å². The normalized spacial score (nSPS) is 20.2. The molecular formula is C13H17ClN2O. The molecule has 0 bridgehead atoms. The van der Waals surface area contributed by atoms with Gasteiger partial charge in [-0.15, -0.1) is 0 Å². The molecule has 2 N–H and O–H groups in total. The monoisotopic (exact) mass is 252 g/mol. The third-order valence-electron chi connectivity index (χ3n) is 3.22. The average molecular weight is 253 g/mol. The van der Waals surface area contributed by atoms with Crippen molar-refractivity contribution < 1.29 is 5.11 Å². The zero-order chi connectivity index (χ0) is 12.6. The zero-order valence-corrected chi connectivity index (χ0v) is 11.0. The van der Waals surface area contributed by atoms with Crippen LogP contribution in [-0.4, -0.2) is 11.1 Å². The summed E-state index contributed by atoms with van der Waals surface area (Å²) >= 11 is 5.93. The molecule has 3 nitrogen and oxygen atoms in total. The van der Waals surface area contributed by atoms with Gasteiger partial charge in [-0.05, 0) is 44.0 Å². The standard InChI is InChI=1S/C13H17ClN2O/c1-4-11-8(2)15-16(9(11)3)10-5-6-13(17)12(14)7-10/h5-8,15,17H,4H2,1-3H3. The molecule has 17 heavy (non-hydrogen) atoms. The summed E-state index contributed by atoms with van der Waals surface area (Å²) in [5, 5.41) is 11.8. The predicted molar refractivity (Wildman–Crippen MR) is 71.2 cm³/mol. The summed E-state index contributed by atoms with van der Waals surface area (Å²) in [4.78, 5) is 0. The number of hydrogen-bond acceptors (Lipinski definition) is 3. The summed E-state index contributed by atoms with van der Waals surface area (Å²) in [6.07, 6.45) is 1.03. The number of nitrogens with zero attached hydrogens (tertiary/aromatic N) is 1. The quantitative estimate of drug-likeness (QED) is 0.846. The van der Waals surface area contributed by atoms with Gasteiger partial charge in [0.1, 0.15) is 5.75 Å². The Hall–Kier alpha value is -1.19. The lowest BCUT2D eigenvalue weighted by Crippen LogP contribution is -2.35. The predicted octanol–water partition coefficient (Wildman–Crippen LogP) is 3.44. The summed E-state index contributed by atoms with van der Waals surface area (Å²) in [7, 11) is 0. The molecule has 1 atom stereocenters. The number of benzene rings is 1. The molecule has 0 amide bonds. The van der Waals surface area contributed by atoms with Crippen molar-refractivity contribution in [1.82, 2.24) is 5.43 Å². The topological polar surface area (TPSA) is 35.5 Å². The average Bonchev–Trinajstić information content (AvgIpc) is 2.58. The van der Waals surface area contributed by atoms with E-state index in [-0.39, 0.29) is 5.75 Å². The van der Waals surface area contributed by atoms with Gasteiger partial charge >= 0.3 is 0 Å². The first-order valence-corrected chi connectivity index (χ1v) is 6.16. The molecule has 1 aromatic carbocycles. The Balaban J connectivity index is 2.36. The van der Waals surface area contributed by atoms with Gasteiger partial charge in [0, 0.05) is 11.7 Å². The molecule has 1 aliphatic heterocycles. The number of anilines is 1. The Morgan fingerprint density at radius 1 is 1.47 bits per heavy atom. The van der Waals surface area contributed by atoms with E-state index in [1.165, 1.54) is 11.3 Å². The van der Waals surface area contributed by atoms with E-state index in [9.17, 15) is 5.11 Å². The van der Waals surface area contributed by atoms with E-state index >= 15 is 0 Å². The molecule has 1 heterocycles. The second-order valence-corrected chi connectivity index (χ2v) is 4.69. The fourth-order valence-corrected chi connectivity index (χ4v) is 2.47. The summed E-state index contributed by atoms with van der Waals surface area (Å²) in [5.41, 5.74) is 6.94. The van der Waals surface area contributed by atoms with Gasteiger partial charge in [-0.2, -0.15) is 0 Å². The molecule has 0 fully saturated rings. The molecule has 2 rings (SSSR count). The second-order valence-electron chi connectivity index (χ2n) is 4.29. The van der Waals surface area contributed by atoms with Crippen molar-refractivity contribution in [2.75, 3.05) is 5.01 Å². The summed E-state index contributed by atoms with van der Waals surface area (Å²) in [5.74, 6) is 0.111. The fourth-order valence-electron chi connectivity index (χ4n) is 2.29. The Morgan fingerprint density at radius 3 is 2.71 bits per heavy atom. The first-order chi connectivity index (χ1) is 8.04. The van der Waals surface area contributed by atoms with E-state index in [2.05, 4.69) is 26.2 Å². The van der Waals surface area contributed by atoms with Crippen molar-refractivity contribution in [1.29, 1.82) is 0 Å². The van der Waals surface area contributed by atoms with E-state index in [1.807, 2.05) is 11.1 Å². The maximum Gasteiger partial charge on any atom is 0.134 e. The highest BCUT2D eigenvalue weighted by atomic mass is 35.5. The number of aromatic hydroxyl groups is 1. The Bertz CT molecular complexity index is 470. The van der Waals surface area contributed by atoms with Crippen LogP contribution in [0.25, 0.3) is 0 Å². The number of rotatable bonds is 2. The van der Waals surface area contributed by atoms with Gasteiger partial charge in [-0.3, -0.25) is 5.01 Å². The highest BCUT2D eigenvalue weighted by Gasteiger charge is 2.25. The Morgan fingerprint density at radius 2 is 2.18 bits per heavy atom. The Kier molecular flexibility index (Phi) is 3.31. The summed E-state index contributed by atoms with van der Waals surface area (Å²) < 4.78 is 0. The molecular weight excluding hydrogens is 236 g/mol. The van der Waals surface area contributed by atoms with Gasteiger partial charge in [0.25, 0.3) is 0 Å². The first-order valence-electron chi connectivity index (χ1n) is 5.79. The number of allylic oxidation sites excluding steroid dienone is 1. The highest BCUT2D eigenvalue weighted by molar-refractivity contribution is 6.32. The van der Waals surface area contributed by atoms with E-state index in [4.69, 9.17) is 11.6 Å². The van der Waals surface area contributed by atoms with Crippen LogP contribution in [0, 0.1) is 0 Å². The van der Waals surface area contributed by atoms with Gasteiger partial charge in [0.2, 0.25) is 0 Å². The highest BCUT2D eigenvalue weighted by Crippen LogP contribution is 2.32. The smallest absolute Gasteiger partial charge is 0.134 e. The molecule has 1 aliphatic rings. The summed E-state index contributed by atoms with van der Waals surface area (Å²) in [6.45, 7) is 6.39. The third kappa shape index (κ3) is 2.13. The van der Waals surface area contributed by atoms with E-state index < -0.39 is 0 Å². The first kappa shape index (κ1) is 12.3. The molecule has 4 heteroatoms. The number of halogens is 1. The molecule has 0 spiro atoms. The number of phenols is 1. The van der Waals surface area contributed by atoms with Gasteiger partial charge in [0.05, 0.1) is 10.7 Å². The lowest BCUT2D eigenvalue weighted by Gasteiger charge is -2.21. The van der Waals surface area contributed by atoms with Gasteiger partial charge in [0.15, 0.2) is 0 Å². The van der Waals surface area contributed by atoms with Crippen molar-refractivity contribution in [3.05, 3.63) is 34.5 Å². The molecule has 1 aromatic rings. The minimum atomic E-state index is 0.111. The van der Waals surface area contributed by atoms with Crippen LogP contribution in [0.2, 0.25) is 5.02 Å². The van der Waals surface area contributed by atoms with Crippen LogP contribution in [0.15, 0.2) is 29.5 Å². The maximum absolute atomic E-state index is 9.42. The van der Waals surface area contributed by atoms with Crippen molar-refractivity contribution in [2.24, 2.45) is 0 Å². The maximum atomic E-state index is 9.42. The molecule has 0 saturated carbocycles. The van der Waals surface area contributed by atoms with Crippen LogP contribution < -0.4 is 10.4 Å². The van der Waals surface area contributed by atoms with Crippen molar-refractivity contribution in [3.63, 3.8) is 0 Å². The van der Waals surface area contributed by atoms with E-state index in [1.54, 1.807) is 12.1 Å². The zero-order valence-electron chi connectivity index (χ0n) is 10.3. The molecule has 92 valence electrons. The Labute approximate surface area is 107 Å². The van der Waals surface area contributed by atoms with E-state index in [0.717, 1.165) is 12.1 Å². The van der Waals surface area contributed by atoms with Crippen LogP contribution in [0.1, 0.15) is 27.2 Å². The lowest BCUT2D eigenvalue weighted by molar-refractivity contribution is 0.475. The largest absolute Gasteiger partial charge is 0.506 e. The number of hydrazine groups is 1. The number of phenolic OH excluding ortho intramolecular Hbond substituents is 1. The van der Waals surface area contributed by atoms with E-state index in [0.29, 0.717) is 11.1 Å². The fraction of sp³-hybridized carbons (Fsp3) is 0.385. The van der Waals surface area contributed by atoms with Crippen molar-refractivity contribution in [3.8, 4) is 5.75 Å². The van der Waals surface area contributed by atoms with Gasteiger partial charge in [-0.1, -0.05) is 18.5 Å². The molecule has 0 aromatic heterocycles. The van der Waals surface area contributed by atoms with Crippen LogP contribution in [0.3, 0.4) is 0 Å². The SMILES string of the molecule is CCC1=C(C)N(c2ccc(O)c(Cl)c2)NC1C. The molecule has 1 unspecified atom stereocenters. The third-order valence-corrected chi connectivity index (χ3v) is 3.52.